The fourth-order valence-electron chi connectivity index (χ4n) is 10.6. The van der Waals surface area contributed by atoms with Crippen LogP contribution in [0.3, 0.4) is 0 Å². The number of fused-ring (bicyclic) bond motifs is 6. The van der Waals surface area contributed by atoms with E-state index in [0.29, 0.717) is 42.9 Å². The van der Waals surface area contributed by atoms with Crippen LogP contribution in [-0.4, -0.2) is 130 Å². The summed E-state index contributed by atoms with van der Waals surface area (Å²) in [4.78, 5) is 78.0. The standard InChI is InChI=1S/C53H70N8O8/c1-10-60-42-19-18-34-26-38(42)39(48(60)37-16-12-20-54-44(37)31(4)68-9)27-53(5,6)29-69-52(67)40-17-13-21-61(57-40)50(65)41(24-32-22-35(34)25-36(62)23-32)55-49(64)47(30(2)3)59(8)43(63)28-58(7)51(66)46-45(56-46)33-14-11-15-33/h12,16,18-20,22-23,25-26,30-31,33,40-41,45-47,56-57,62H,10-11,13-15,17,21,24,27-29H2,1-9H3,(H,55,64)/t31-,40-,41-,45+,46+,47-/m0/s1. The zero-order valence-electron chi connectivity index (χ0n) is 41.6. The number of rotatable bonds is 12. The molecule has 1 saturated carbocycles. The second-order valence-electron chi connectivity index (χ2n) is 20.8. The van der Waals surface area contributed by atoms with Crippen LogP contribution in [0.15, 0.2) is 54.7 Å². The molecule has 2 aromatic heterocycles. The third-order valence-corrected chi connectivity index (χ3v) is 14.7. The molecule has 16 heteroatoms. The average molecular weight is 947 g/mol. The van der Waals surface area contributed by atoms with Crippen LogP contribution < -0.4 is 16.1 Å². The van der Waals surface area contributed by atoms with E-state index in [1.165, 1.54) is 21.2 Å². The summed E-state index contributed by atoms with van der Waals surface area (Å²) < 4.78 is 14.2. The number of aromatic hydroxyl groups is 1. The number of phenols is 1. The first-order valence-electron chi connectivity index (χ1n) is 24.7. The molecule has 4 aliphatic rings. The number of hydrogen-bond acceptors (Lipinski definition) is 11. The summed E-state index contributed by atoms with van der Waals surface area (Å²) in [5, 5.41) is 20.0. The molecule has 69 heavy (non-hydrogen) atoms. The normalized spacial score (nSPS) is 22.6. The van der Waals surface area contributed by atoms with E-state index in [1.807, 2.05) is 39.0 Å². The summed E-state index contributed by atoms with van der Waals surface area (Å²) >= 11 is 0. The van der Waals surface area contributed by atoms with Gasteiger partial charge in [-0.3, -0.25) is 39.3 Å². The van der Waals surface area contributed by atoms with E-state index in [0.717, 1.165) is 51.8 Å². The number of hydrogen-bond donors (Lipinski definition) is 4. The third-order valence-electron chi connectivity index (χ3n) is 14.7. The predicted molar refractivity (Wildman–Crippen MR) is 262 cm³/mol. The van der Waals surface area contributed by atoms with Crippen LogP contribution in [0, 0.1) is 17.3 Å². The maximum Gasteiger partial charge on any atom is 0.324 e. The fourth-order valence-corrected chi connectivity index (χ4v) is 10.6. The molecule has 6 atom stereocenters. The first-order chi connectivity index (χ1) is 32.9. The molecule has 2 saturated heterocycles. The smallest absolute Gasteiger partial charge is 0.324 e. The molecule has 4 N–H and O–H groups in total. The van der Waals surface area contributed by atoms with Crippen LogP contribution in [0.25, 0.3) is 33.3 Å². The molecule has 4 aromatic rings. The van der Waals surface area contributed by atoms with E-state index in [4.69, 9.17) is 14.5 Å². The number of hydrazine groups is 1. The van der Waals surface area contributed by atoms with Crippen molar-refractivity contribution in [3.63, 3.8) is 0 Å². The Labute approximate surface area is 405 Å². The van der Waals surface area contributed by atoms with E-state index in [2.05, 4.69) is 59.6 Å². The van der Waals surface area contributed by atoms with Gasteiger partial charge in [-0.25, -0.2) is 5.43 Å². The molecule has 3 fully saturated rings. The van der Waals surface area contributed by atoms with Gasteiger partial charge >= 0.3 is 5.97 Å². The molecule has 1 aliphatic carbocycles. The van der Waals surface area contributed by atoms with Crippen LogP contribution in [0.4, 0.5) is 0 Å². The van der Waals surface area contributed by atoms with Crippen LogP contribution in [0.5, 0.6) is 5.75 Å². The van der Waals surface area contributed by atoms with Crippen molar-refractivity contribution in [2.75, 3.05) is 40.9 Å². The average Bonchev–Trinajstić information content (AvgIpc) is 4.02. The quantitative estimate of drug-likeness (QED) is 0.103. The molecule has 370 valence electrons. The number of aromatic nitrogens is 2. The van der Waals surface area contributed by atoms with Gasteiger partial charge in [0.15, 0.2) is 0 Å². The number of esters is 1. The van der Waals surface area contributed by atoms with Gasteiger partial charge in [0.1, 0.15) is 29.9 Å². The van der Waals surface area contributed by atoms with Crippen molar-refractivity contribution in [2.24, 2.45) is 17.3 Å². The Morgan fingerprint density at radius 2 is 1.80 bits per heavy atom. The molecule has 6 bridgehead atoms. The van der Waals surface area contributed by atoms with Gasteiger partial charge < -0.3 is 34.3 Å². The van der Waals surface area contributed by atoms with Gasteiger partial charge in [-0.05, 0) is 116 Å². The molecule has 0 radical (unpaired) electrons. The summed E-state index contributed by atoms with van der Waals surface area (Å²) in [6.45, 7) is 12.7. The zero-order chi connectivity index (χ0) is 49.5. The molecule has 0 spiro atoms. The van der Waals surface area contributed by atoms with E-state index in [-0.39, 0.29) is 61.9 Å². The first-order valence-corrected chi connectivity index (χ1v) is 24.7. The number of carbonyl (C=O) groups excluding carboxylic acids is 5. The summed E-state index contributed by atoms with van der Waals surface area (Å²) in [6, 6.07) is 12.3. The lowest BCUT2D eigenvalue weighted by molar-refractivity contribution is -0.155. The van der Waals surface area contributed by atoms with Gasteiger partial charge in [0.05, 0.1) is 30.6 Å². The van der Waals surface area contributed by atoms with Gasteiger partial charge in [0, 0.05) is 74.8 Å². The molecule has 2 aromatic carbocycles. The number of ether oxygens (including phenoxy) is 2. The molecule has 8 rings (SSSR count). The minimum Gasteiger partial charge on any atom is -0.508 e. The second-order valence-corrected chi connectivity index (χ2v) is 20.8. The highest BCUT2D eigenvalue weighted by Crippen LogP contribution is 2.42. The number of cyclic esters (lactones) is 1. The Balaban J connectivity index is 1.15. The topological polar surface area (TPSA) is 198 Å². The molecular formula is C53H70N8O8. The van der Waals surface area contributed by atoms with Crippen LogP contribution in [-0.2, 0) is 52.8 Å². The summed E-state index contributed by atoms with van der Waals surface area (Å²) in [5.41, 5.74) is 9.52. The lowest BCUT2D eigenvalue weighted by atomic mass is 9.81. The minimum atomic E-state index is -1.18. The van der Waals surface area contributed by atoms with Crippen molar-refractivity contribution in [1.82, 2.24) is 40.4 Å². The van der Waals surface area contributed by atoms with Crippen LogP contribution >= 0.6 is 0 Å². The van der Waals surface area contributed by atoms with Crippen molar-refractivity contribution < 1.29 is 38.6 Å². The zero-order valence-corrected chi connectivity index (χ0v) is 41.6. The molecule has 0 unspecified atom stereocenters. The molecule has 3 aliphatic heterocycles. The Hall–Kier alpha value is -5.84. The molecule has 4 amide bonds. The monoisotopic (exact) mass is 947 g/mol. The number of likely N-dealkylation sites (N-methyl/N-ethyl adjacent to an activating group) is 2. The molecular weight excluding hydrogens is 877 g/mol. The highest BCUT2D eigenvalue weighted by molar-refractivity contribution is 5.96. The van der Waals surface area contributed by atoms with Crippen molar-refractivity contribution in [2.45, 2.75) is 129 Å². The van der Waals surface area contributed by atoms with Gasteiger partial charge in [0.2, 0.25) is 17.7 Å². The number of nitrogens with zero attached hydrogens (tertiary/aromatic N) is 5. The van der Waals surface area contributed by atoms with Crippen molar-refractivity contribution in [3.8, 4) is 28.1 Å². The maximum atomic E-state index is 14.8. The van der Waals surface area contributed by atoms with Crippen molar-refractivity contribution >= 4 is 40.5 Å². The van der Waals surface area contributed by atoms with E-state index >= 15 is 0 Å². The Morgan fingerprint density at radius 3 is 2.49 bits per heavy atom. The summed E-state index contributed by atoms with van der Waals surface area (Å²) in [6.07, 6.45) is 6.32. The first kappa shape index (κ1) is 49.6. The van der Waals surface area contributed by atoms with E-state index < -0.39 is 47.2 Å². The number of amides is 4. The number of phenolic OH excluding ortho intramolecular Hbond substituents is 1. The predicted octanol–water partition coefficient (Wildman–Crippen LogP) is 5.53. The molecule has 16 nitrogen and oxygen atoms in total. The Kier molecular flexibility index (Phi) is 14.5. The minimum absolute atomic E-state index is 0.0142. The number of pyridine rings is 1. The summed E-state index contributed by atoms with van der Waals surface area (Å²) in [5.74, 6) is -1.97. The number of methoxy groups -OCH3 is 1. The van der Waals surface area contributed by atoms with Crippen LogP contribution in [0.1, 0.15) is 96.6 Å². The number of nitrogens with one attached hydrogen (secondary N) is 3. The van der Waals surface area contributed by atoms with Gasteiger partial charge in [-0.15, -0.1) is 0 Å². The van der Waals surface area contributed by atoms with Gasteiger partial charge in [-0.1, -0.05) is 46.2 Å². The highest BCUT2D eigenvalue weighted by Gasteiger charge is 2.50. The van der Waals surface area contributed by atoms with E-state index in [1.54, 1.807) is 39.5 Å². The second kappa shape index (κ2) is 20.2. The lowest BCUT2D eigenvalue weighted by Gasteiger charge is -2.37. The highest BCUT2D eigenvalue weighted by atomic mass is 16.5. The number of aryl methyl sites for hydroxylation is 1. The van der Waals surface area contributed by atoms with Crippen molar-refractivity contribution in [1.29, 1.82) is 0 Å². The number of benzene rings is 2. The van der Waals surface area contributed by atoms with E-state index in [9.17, 15) is 29.1 Å². The largest absolute Gasteiger partial charge is 0.508 e. The van der Waals surface area contributed by atoms with Crippen LogP contribution in [0.2, 0.25) is 0 Å². The van der Waals surface area contributed by atoms with Gasteiger partial charge in [0.25, 0.3) is 5.91 Å². The lowest BCUT2D eigenvalue weighted by Crippen LogP contribution is -2.62. The van der Waals surface area contributed by atoms with Gasteiger partial charge in [-0.2, -0.15) is 0 Å². The maximum absolute atomic E-state index is 14.8. The third kappa shape index (κ3) is 10.4. The summed E-state index contributed by atoms with van der Waals surface area (Å²) in [7, 11) is 4.82. The fraction of sp³-hybridized carbons (Fsp3) is 0.547. The Bertz CT molecular complexity index is 2600. The Morgan fingerprint density at radius 1 is 1.03 bits per heavy atom. The molecule has 5 heterocycles. The number of carbonyl (C=O) groups is 5. The SMILES string of the molecule is CCn1c(-c2cccnc2[C@H](C)OC)c2c3cc(ccc31)-c1cc(O)cc(c1)C[C@H](NC(=O)[C@H](C(C)C)N(C)C(=O)CN(C)C(=O)[C@@H]1N[C@@H]1C1CCC1)C(=O)N1CCC[C@H](N1)C(=O)OCC(C)(C)C2. The van der Waals surface area contributed by atoms with Crippen molar-refractivity contribution in [3.05, 3.63) is 71.5 Å².